The number of amides is 1. The molecule has 0 aliphatic carbocycles. The van der Waals surface area contributed by atoms with E-state index in [9.17, 15) is 14.9 Å². The Morgan fingerprint density at radius 3 is 2.88 bits per heavy atom. The molecule has 0 bridgehead atoms. The van der Waals surface area contributed by atoms with Crippen LogP contribution in [0.3, 0.4) is 0 Å². The number of nitro groups is 1. The molecular weight excluding hydrogens is 342 g/mol. The van der Waals surface area contributed by atoms with Crippen molar-refractivity contribution in [2.75, 3.05) is 13.1 Å². The van der Waals surface area contributed by atoms with Crippen molar-refractivity contribution < 1.29 is 23.6 Å². The van der Waals surface area contributed by atoms with Crippen LogP contribution in [0.15, 0.2) is 22.6 Å². The van der Waals surface area contributed by atoms with Gasteiger partial charge in [0, 0.05) is 18.7 Å². The van der Waals surface area contributed by atoms with Crippen LogP contribution in [0.4, 0.5) is 10.5 Å². The molecule has 26 heavy (non-hydrogen) atoms. The van der Waals surface area contributed by atoms with Crippen molar-refractivity contribution in [1.29, 1.82) is 0 Å². The number of benzene rings is 1. The van der Waals surface area contributed by atoms with E-state index in [-0.39, 0.29) is 24.0 Å². The van der Waals surface area contributed by atoms with Crippen LogP contribution in [-0.4, -0.2) is 45.7 Å². The molecule has 140 valence electrons. The van der Waals surface area contributed by atoms with Gasteiger partial charge in [-0.15, -0.1) is 0 Å². The molecule has 1 saturated heterocycles. The SMILES string of the molecule is CC(C)(C)OC(=O)N1CCC[C@@H](Oc2nc3cc([N+](=O)[O-])ccc3o2)C1. The van der Waals surface area contributed by atoms with E-state index < -0.39 is 10.5 Å². The van der Waals surface area contributed by atoms with Crippen molar-refractivity contribution in [1.82, 2.24) is 9.88 Å². The molecule has 2 heterocycles. The first-order valence-corrected chi connectivity index (χ1v) is 8.41. The van der Waals surface area contributed by atoms with E-state index in [1.54, 1.807) is 4.90 Å². The topological polar surface area (TPSA) is 108 Å². The molecule has 2 aromatic rings. The highest BCUT2D eigenvalue weighted by molar-refractivity contribution is 5.76. The first kappa shape index (κ1) is 18.0. The number of hydrogen-bond acceptors (Lipinski definition) is 7. The standard InChI is InChI=1S/C17H21N3O6/c1-17(2,3)26-16(21)19-8-4-5-12(10-19)24-15-18-13-9-11(20(22)23)6-7-14(13)25-15/h6-7,9,12H,4-5,8,10H2,1-3H3/t12-/m1/s1. The van der Waals surface area contributed by atoms with Crippen LogP contribution in [0.2, 0.25) is 0 Å². The van der Waals surface area contributed by atoms with Crippen molar-refractivity contribution >= 4 is 22.9 Å². The molecular formula is C17H21N3O6. The third kappa shape index (κ3) is 4.22. The lowest BCUT2D eigenvalue weighted by atomic mass is 10.1. The Hall–Kier alpha value is -2.84. The van der Waals surface area contributed by atoms with E-state index in [2.05, 4.69) is 4.98 Å². The van der Waals surface area contributed by atoms with Gasteiger partial charge in [0.05, 0.1) is 11.5 Å². The Morgan fingerprint density at radius 1 is 1.42 bits per heavy atom. The predicted octanol–water partition coefficient (Wildman–Crippen LogP) is 3.51. The molecule has 0 unspecified atom stereocenters. The van der Waals surface area contributed by atoms with Crippen molar-refractivity contribution in [3.05, 3.63) is 28.3 Å². The van der Waals surface area contributed by atoms with Gasteiger partial charge in [-0.3, -0.25) is 10.1 Å². The van der Waals surface area contributed by atoms with Crippen LogP contribution in [0.25, 0.3) is 11.1 Å². The first-order chi connectivity index (χ1) is 12.2. The lowest BCUT2D eigenvalue weighted by Gasteiger charge is -2.33. The fraction of sp³-hybridized carbons (Fsp3) is 0.529. The van der Waals surface area contributed by atoms with Gasteiger partial charge in [0.15, 0.2) is 5.58 Å². The molecule has 1 atom stereocenters. The Kier molecular flexibility index (Phi) is 4.71. The lowest BCUT2D eigenvalue weighted by molar-refractivity contribution is -0.384. The monoisotopic (exact) mass is 363 g/mol. The van der Waals surface area contributed by atoms with Crippen molar-refractivity contribution in [3.63, 3.8) is 0 Å². The fourth-order valence-corrected chi connectivity index (χ4v) is 2.73. The number of carbonyl (C=O) groups is 1. The van der Waals surface area contributed by atoms with E-state index in [1.807, 2.05) is 20.8 Å². The van der Waals surface area contributed by atoms with E-state index in [1.165, 1.54) is 18.2 Å². The van der Waals surface area contributed by atoms with Crippen molar-refractivity contribution in [2.45, 2.75) is 45.3 Å². The molecule has 0 N–H and O–H groups in total. The zero-order valence-corrected chi connectivity index (χ0v) is 14.9. The number of piperidine rings is 1. The smallest absolute Gasteiger partial charge is 0.410 e. The Bertz CT molecular complexity index is 826. The van der Waals surface area contributed by atoms with Gasteiger partial charge in [0.1, 0.15) is 17.2 Å². The largest absolute Gasteiger partial charge is 0.445 e. The maximum absolute atomic E-state index is 12.2. The van der Waals surface area contributed by atoms with Gasteiger partial charge in [-0.2, -0.15) is 4.98 Å². The highest BCUT2D eigenvalue weighted by Gasteiger charge is 2.29. The minimum absolute atomic E-state index is 0.0385. The summed E-state index contributed by atoms with van der Waals surface area (Å²) >= 11 is 0. The number of nitrogens with zero attached hydrogens (tertiary/aromatic N) is 3. The molecule has 1 aromatic heterocycles. The second-order valence-electron chi connectivity index (χ2n) is 7.20. The number of carbonyl (C=O) groups excluding carboxylic acids is 1. The number of oxazole rings is 1. The quantitative estimate of drug-likeness (QED) is 0.606. The Morgan fingerprint density at radius 2 is 2.19 bits per heavy atom. The molecule has 0 spiro atoms. The number of nitro benzene ring substituents is 1. The van der Waals surface area contributed by atoms with Crippen LogP contribution in [-0.2, 0) is 4.74 Å². The Balaban J connectivity index is 1.67. The zero-order chi connectivity index (χ0) is 18.9. The summed E-state index contributed by atoms with van der Waals surface area (Å²) in [6.45, 7) is 6.43. The molecule has 1 aliphatic heterocycles. The molecule has 3 rings (SSSR count). The number of aromatic nitrogens is 1. The van der Waals surface area contributed by atoms with E-state index in [0.29, 0.717) is 24.2 Å². The second kappa shape index (κ2) is 6.81. The predicted molar refractivity (Wildman–Crippen MR) is 92.1 cm³/mol. The van der Waals surface area contributed by atoms with Gasteiger partial charge in [-0.25, -0.2) is 4.79 Å². The number of likely N-dealkylation sites (tertiary alicyclic amines) is 1. The molecule has 1 amide bonds. The van der Waals surface area contributed by atoms with Gasteiger partial charge in [-0.05, 0) is 39.7 Å². The summed E-state index contributed by atoms with van der Waals surface area (Å²) in [7, 11) is 0. The van der Waals surface area contributed by atoms with E-state index >= 15 is 0 Å². The summed E-state index contributed by atoms with van der Waals surface area (Å²) in [6, 6.07) is 4.17. The average molecular weight is 363 g/mol. The summed E-state index contributed by atoms with van der Waals surface area (Å²) in [5.74, 6) is 0. The minimum atomic E-state index is -0.556. The number of non-ortho nitro benzene ring substituents is 1. The van der Waals surface area contributed by atoms with Crippen LogP contribution in [0.5, 0.6) is 6.08 Å². The fourth-order valence-electron chi connectivity index (χ4n) is 2.73. The summed E-state index contributed by atoms with van der Waals surface area (Å²) < 4.78 is 16.6. The highest BCUT2D eigenvalue weighted by Crippen LogP contribution is 2.26. The summed E-state index contributed by atoms with van der Waals surface area (Å²) in [4.78, 5) is 28.3. The van der Waals surface area contributed by atoms with E-state index in [0.717, 1.165) is 12.8 Å². The molecule has 9 heteroatoms. The zero-order valence-electron chi connectivity index (χ0n) is 14.9. The van der Waals surface area contributed by atoms with Crippen molar-refractivity contribution in [2.24, 2.45) is 0 Å². The summed E-state index contributed by atoms with van der Waals surface area (Å²) in [5, 5.41) is 10.8. The van der Waals surface area contributed by atoms with Gasteiger partial charge in [0.25, 0.3) is 5.69 Å². The normalized spacial score (nSPS) is 18.0. The average Bonchev–Trinajstić information content (AvgIpc) is 2.94. The maximum atomic E-state index is 12.2. The first-order valence-electron chi connectivity index (χ1n) is 8.41. The molecule has 9 nitrogen and oxygen atoms in total. The second-order valence-corrected chi connectivity index (χ2v) is 7.20. The van der Waals surface area contributed by atoms with E-state index in [4.69, 9.17) is 13.9 Å². The number of fused-ring (bicyclic) bond motifs is 1. The molecule has 1 fully saturated rings. The minimum Gasteiger partial charge on any atom is -0.445 e. The lowest BCUT2D eigenvalue weighted by Crippen LogP contribution is -2.46. The molecule has 1 aliphatic rings. The number of hydrogen-bond donors (Lipinski definition) is 0. The van der Waals surface area contributed by atoms with Crippen LogP contribution < -0.4 is 4.74 Å². The summed E-state index contributed by atoms with van der Waals surface area (Å²) in [6.07, 6.45) is 0.906. The van der Waals surface area contributed by atoms with Gasteiger partial charge < -0.3 is 18.8 Å². The molecule has 0 radical (unpaired) electrons. The molecule has 1 aromatic carbocycles. The van der Waals surface area contributed by atoms with Gasteiger partial charge >= 0.3 is 12.2 Å². The van der Waals surface area contributed by atoms with Crippen LogP contribution in [0.1, 0.15) is 33.6 Å². The van der Waals surface area contributed by atoms with Crippen LogP contribution in [0, 0.1) is 10.1 Å². The van der Waals surface area contributed by atoms with Crippen LogP contribution >= 0.6 is 0 Å². The highest BCUT2D eigenvalue weighted by atomic mass is 16.6. The summed E-state index contributed by atoms with van der Waals surface area (Å²) in [5.41, 5.74) is 0.144. The van der Waals surface area contributed by atoms with Gasteiger partial charge in [-0.1, -0.05) is 0 Å². The van der Waals surface area contributed by atoms with Crippen molar-refractivity contribution in [3.8, 4) is 6.08 Å². The third-order valence-electron chi connectivity index (χ3n) is 3.86. The Labute approximate surface area is 150 Å². The molecule has 0 saturated carbocycles. The number of rotatable bonds is 3. The number of ether oxygens (including phenoxy) is 2. The van der Waals surface area contributed by atoms with Gasteiger partial charge in [0.2, 0.25) is 0 Å². The third-order valence-corrected chi connectivity index (χ3v) is 3.86. The maximum Gasteiger partial charge on any atom is 0.410 e.